The fourth-order valence-electron chi connectivity index (χ4n) is 5.35. The first kappa shape index (κ1) is 24.9. The number of methoxy groups -OCH3 is 1. The van der Waals surface area contributed by atoms with Gasteiger partial charge in [-0.2, -0.15) is 5.10 Å². The smallest absolute Gasteiger partial charge is 0.290 e. The number of benzene rings is 1. The van der Waals surface area contributed by atoms with E-state index < -0.39 is 0 Å². The molecule has 8 heteroatoms. The van der Waals surface area contributed by atoms with Crippen molar-refractivity contribution in [1.29, 1.82) is 0 Å². The maximum absolute atomic E-state index is 13.3. The lowest BCUT2D eigenvalue weighted by molar-refractivity contribution is -0.122. The number of likely N-dealkylation sites (N-methyl/N-ethyl adjacent to an activating group) is 1. The number of hydrogen-bond donors (Lipinski definition) is 1. The highest BCUT2D eigenvalue weighted by Gasteiger charge is 2.44. The molecule has 2 aliphatic rings. The van der Waals surface area contributed by atoms with Crippen molar-refractivity contribution in [2.24, 2.45) is 11.8 Å². The van der Waals surface area contributed by atoms with Crippen molar-refractivity contribution in [3.8, 4) is 0 Å². The van der Waals surface area contributed by atoms with Gasteiger partial charge in [0, 0.05) is 37.5 Å². The summed E-state index contributed by atoms with van der Waals surface area (Å²) in [6.45, 7) is 6.20. The molecule has 2 fully saturated rings. The van der Waals surface area contributed by atoms with Gasteiger partial charge in [0.05, 0.1) is 18.3 Å². The van der Waals surface area contributed by atoms with Gasteiger partial charge in [-0.15, -0.1) is 0 Å². The lowest BCUT2D eigenvalue weighted by atomic mass is 9.77. The maximum atomic E-state index is 13.3. The number of carboxylic acid groups (broad SMARTS) is 1. The van der Waals surface area contributed by atoms with Crippen LogP contribution in [0, 0.1) is 25.7 Å². The summed E-state index contributed by atoms with van der Waals surface area (Å²) >= 11 is 0. The van der Waals surface area contributed by atoms with E-state index in [1.807, 2.05) is 36.9 Å². The number of aryl methyl sites for hydroxylation is 2. The average molecular weight is 457 g/mol. The van der Waals surface area contributed by atoms with Crippen LogP contribution in [0.1, 0.15) is 40.2 Å². The van der Waals surface area contributed by atoms with Gasteiger partial charge in [0.25, 0.3) is 12.4 Å². The normalized spacial score (nSPS) is 24.2. The lowest BCUT2D eigenvalue weighted by Crippen LogP contribution is -2.47. The van der Waals surface area contributed by atoms with Crippen molar-refractivity contribution >= 4 is 12.4 Å². The lowest BCUT2D eigenvalue weighted by Gasteiger charge is -2.40. The summed E-state index contributed by atoms with van der Waals surface area (Å²) in [5.74, 6) is 1.24. The van der Waals surface area contributed by atoms with Gasteiger partial charge in [-0.1, -0.05) is 12.1 Å². The molecule has 1 aliphatic carbocycles. The summed E-state index contributed by atoms with van der Waals surface area (Å²) in [4.78, 5) is 26.0. The number of likely N-dealkylation sites (tertiary alicyclic amines) is 1. The monoisotopic (exact) mass is 456 g/mol. The molecule has 1 aromatic heterocycles. The highest BCUT2D eigenvalue weighted by molar-refractivity contribution is 5.94. The van der Waals surface area contributed by atoms with Crippen LogP contribution >= 0.6 is 0 Å². The van der Waals surface area contributed by atoms with Crippen LogP contribution in [0.3, 0.4) is 0 Å². The number of carbonyl (C=O) groups excluding carboxylic acids is 1. The number of fused-ring (bicyclic) bond motifs is 1. The molecule has 1 saturated carbocycles. The molecule has 0 radical (unpaired) electrons. The number of carbonyl (C=O) groups is 2. The second kappa shape index (κ2) is 10.9. The molecule has 0 spiro atoms. The van der Waals surface area contributed by atoms with Crippen LogP contribution in [0.4, 0.5) is 0 Å². The predicted octanol–water partition coefficient (Wildman–Crippen LogP) is 2.68. The van der Waals surface area contributed by atoms with Gasteiger partial charge >= 0.3 is 0 Å². The number of hydrogen-bond acceptors (Lipinski definition) is 5. The zero-order valence-electron chi connectivity index (χ0n) is 20.3. The second-order valence-corrected chi connectivity index (χ2v) is 9.40. The van der Waals surface area contributed by atoms with Gasteiger partial charge in [0.15, 0.2) is 0 Å². The zero-order valence-corrected chi connectivity index (χ0v) is 20.3. The molecule has 8 nitrogen and oxygen atoms in total. The molecule has 1 N–H and O–H groups in total. The molecule has 1 aromatic carbocycles. The molecule has 0 unspecified atom stereocenters. The van der Waals surface area contributed by atoms with Crippen LogP contribution in [0.25, 0.3) is 0 Å². The van der Waals surface area contributed by atoms with Gasteiger partial charge < -0.3 is 19.6 Å². The van der Waals surface area contributed by atoms with E-state index in [1.165, 1.54) is 0 Å². The molecule has 4 atom stereocenters. The number of rotatable bonds is 5. The van der Waals surface area contributed by atoms with Crippen molar-refractivity contribution in [2.75, 3.05) is 34.3 Å². The number of amides is 1. The molecule has 1 amide bonds. The highest BCUT2D eigenvalue weighted by Crippen LogP contribution is 2.39. The van der Waals surface area contributed by atoms with Crippen LogP contribution in [0.15, 0.2) is 30.3 Å². The summed E-state index contributed by atoms with van der Waals surface area (Å²) < 4.78 is 7.78. The van der Waals surface area contributed by atoms with Crippen LogP contribution in [-0.2, 0) is 16.1 Å². The molecular weight excluding hydrogens is 420 g/mol. The van der Waals surface area contributed by atoms with Crippen molar-refractivity contribution in [3.05, 3.63) is 52.8 Å². The van der Waals surface area contributed by atoms with Crippen LogP contribution in [0.5, 0.6) is 0 Å². The van der Waals surface area contributed by atoms with E-state index in [1.54, 1.807) is 0 Å². The predicted molar refractivity (Wildman–Crippen MR) is 126 cm³/mol. The summed E-state index contributed by atoms with van der Waals surface area (Å²) in [5, 5.41) is 11.4. The largest absolute Gasteiger partial charge is 0.483 e. The van der Waals surface area contributed by atoms with Gasteiger partial charge in [0.1, 0.15) is 0 Å². The minimum absolute atomic E-state index is 0.148. The Labute approximate surface area is 196 Å². The molecule has 4 rings (SSSR count). The summed E-state index contributed by atoms with van der Waals surface area (Å²) in [5.41, 5.74) is 4.04. The molecule has 2 heterocycles. The Morgan fingerprint density at radius 1 is 1.21 bits per heavy atom. The van der Waals surface area contributed by atoms with E-state index >= 15 is 0 Å². The van der Waals surface area contributed by atoms with Gasteiger partial charge in [-0.3, -0.25) is 14.3 Å². The number of ether oxygens (including phenoxy) is 1. The van der Waals surface area contributed by atoms with Gasteiger partial charge in [0.2, 0.25) is 0 Å². The Morgan fingerprint density at radius 2 is 1.88 bits per heavy atom. The minimum Gasteiger partial charge on any atom is -0.483 e. The standard InChI is InChI=1S/C24H34N4O2.CH2O2/c1-16-9-17(2)28(25-16)13-18-7-6-8-19(10-18)24(29)27-14-20-11-22(26(3)4)23(30-5)12-21(20)15-27;2-1-3/h6-10,20-23H,11-15H2,1-5H3;1H,(H,2,3)/t20-,21+,22-,23-;/m1./s1. The quantitative estimate of drug-likeness (QED) is 0.696. The Morgan fingerprint density at radius 3 is 2.45 bits per heavy atom. The highest BCUT2D eigenvalue weighted by atomic mass is 16.5. The van der Waals surface area contributed by atoms with E-state index in [0.717, 1.165) is 48.4 Å². The van der Waals surface area contributed by atoms with Crippen LogP contribution < -0.4 is 0 Å². The van der Waals surface area contributed by atoms with Gasteiger partial charge in [-0.05, 0) is 76.4 Å². The second-order valence-electron chi connectivity index (χ2n) is 9.40. The van der Waals surface area contributed by atoms with Crippen molar-refractivity contribution in [3.63, 3.8) is 0 Å². The van der Waals surface area contributed by atoms with Crippen molar-refractivity contribution < 1.29 is 19.4 Å². The van der Waals surface area contributed by atoms with Crippen molar-refractivity contribution in [1.82, 2.24) is 19.6 Å². The summed E-state index contributed by atoms with van der Waals surface area (Å²) in [6, 6.07) is 10.5. The maximum Gasteiger partial charge on any atom is 0.290 e. The van der Waals surface area contributed by atoms with E-state index in [2.05, 4.69) is 48.1 Å². The first-order valence-corrected chi connectivity index (χ1v) is 11.4. The fraction of sp³-hybridized carbons (Fsp3) is 0.560. The summed E-state index contributed by atoms with van der Waals surface area (Å²) in [6.07, 6.45) is 2.38. The molecular formula is C25H36N4O4. The Bertz CT molecular complexity index is 958. The first-order valence-electron chi connectivity index (χ1n) is 11.4. The Balaban J connectivity index is 0.000000968. The van der Waals surface area contributed by atoms with Crippen LogP contribution in [-0.4, -0.2) is 83.5 Å². The fourth-order valence-corrected chi connectivity index (χ4v) is 5.35. The third kappa shape index (κ3) is 5.81. The zero-order chi connectivity index (χ0) is 24.1. The summed E-state index contributed by atoms with van der Waals surface area (Å²) in [7, 11) is 6.07. The van der Waals surface area contributed by atoms with E-state index in [-0.39, 0.29) is 18.5 Å². The van der Waals surface area contributed by atoms with Gasteiger partial charge in [-0.25, -0.2) is 0 Å². The van der Waals surface area contributed by atoms with Crippen molar-refractivity contribution in [2.45, 2.75) is 45.4 Å². The molecule has 1 saturated heterocycles. The average Bonchev–Trinajstić information content (AvgIpc) is 3.34. The Kier molecular flexibility index (Phi) is 8.26. The molecule has 0 bridgehead atoms. The SMILES string of the molecule is CO[C@@H]1C[C@H]2CN(C(=O)c3cccc(Cn4nc(C)cc4C)c3)C[C@H]2C[C@H]1N(C)C.O=CO. The first-order chi connectivity index (χ1) is 15.8. The third-order valence-electron chi connectivity index (χ3n) is 6.95. The van der Waals surface area contributed by atoms with E-state index in [0.29, 0.717) is 24.4 Å². The Hall–Kier alpha value is -2.71. The van der Waals surface area contributed by atoms with E-state index in [9.17, 15) is 4.79 Å². The number of nitrogens with zero attached hydrogens (tertiary/aromatic N) is 4. The molecule has 33 heavy (non-hydrogen) atoms. The van der Waals surface area contributed by atoms with Crippen LogP contribution in [0.2, 0.25) is 0 Å². The number of aromatic nitrogens is 2. The molecule has 180 valence electrons. The third-order valence-corrected chi connectivity index (χ3v) is 6.95. The molecule has 1 aliphatic heterocycles. The molecule has 2 aromatic rings. The topological polar surface area (TPSA) is 87.9 Å². The van der Waals surface area contributed by atoms with E-state index in [4.69, 9.17) is 14.6 Å². The minimum atomic E-state index is -0.250.